The predicted octanol–water partition coefficient (Wildman–Crippen LogP) is 3.44. The first-order valence-corrected chi connectivity index (χ1v) is 10.8. The summed E-state index contributed by atoms with van der Waals surface area (Å²) in [7, 11) is -2.17. The Bertz CT molecular complexity index is 756. The Balaban J connectivity index is 2.62. The lowest BCUT2D eigenvalue weighted by Gasteiger charge is -2.43. The zero-order valence-corrected chi connectivity index (χ0v) is 16.5. The number of aliphatic hydroxyl groups excluding tert-OH is 1. The van der Waals surface area contributed by atoms with Crippen LogP contribution in [0.5, 0.6) is 0 Å². The van der Waals surface area contributed by atoms with Gasteiger partial charge in [0.15, 0.2) is 6.10 Å². The van der Waals surface area contributed by atoms with E-state index in [1.54, 1.807) is 6.92 Å². The van der Waals surface area contributed by atoms with Gasteiger partial charge >= 0.3 is 0 Å². The Morgan fingerprint density at radius 2 is 1.36 bits per heavy atom. The van der Waals surface area contributed by atoms with Gasteiger partial charge in [-0.05, 0) is 12.0 Å². The fraction of sp³-hybridized carbons (Fsp3) is 0.304. The maximum atomic E-state index is 9.86. The Morgan fingerprint density at radius 3 is 1.76 bits per heavy atom. The van der Waals surface area contributed by atoms with Crippen LogP contribution in [-0.2, 0) is 0 Å². The highest BCUT2D eigenvalue weighted by Crippen LogP contribution is 2.38. The third-order valence-electron chi connectivity index (χ3n) is 4.69. The molecule has 2 aromatic rings. The maximum absolute atomic E-state index is 9.86. The van der Waals surface area contributed by atoms with Crippen LogP contribution in [0.1, 0.15) is 27.7 Å². The van der Waals surface area contributed by atoms with E-state index in [0.717, 1.165) is 6.04 Å². The minimum Gasteiger partial charge on any atom is -0.369 e. The van der Waals surface area contributed by atoms with Crippen LogP contribution in [0.2, 0.25) is 11.1 Å². The predicted molar refractivity (Wildman–Crippen MR) is 110 cm³/mol. The number of aliphatic hydroxyl groups is 1. The van der Waals surface area contributed by atoms with Crippen LogP contribution in [0.4, 0.5) is 0 Å². The molecule has 0 aromatic heterocycles. The third kappa shape index (κ3) is 4.23. The molecule has 1 atom stereocenters. The largest absolute Gasteiger partial charge is 0.369 e. The van der Waals surface area contributed by atoms with Crippen molar-refractivity contribution in [2.24, 2.45) is 0 Å². The van der Waals surface area contributed by atoms with Gasteiger partial charge in [-0.25, -0.2) is 0 Å². The molecule has 25 heavy (non-hydrogen) atoms. The minimum absolute atomic E-state index is 0.0752. The molecule has 0 aliphatic carbocycles. The summed E-state index contributed by atoms with van der Waals surface area (Å²) in [5, 5.41) is 12.7. The van der Waals surface area contributed by atoms with Gasteiger partial charge in [0.2, 0.25) is 0 Å². The molecule has 0 aliphatic heterocycles. The number of rotatable bonds is 3. The highest BCUT2D eigenvalue weighted by molar-refractivity contribution is 7.04. The van der Waals surface area contributed by atoms with Crippen LogP contribution < -0.4 is 10.4 Å². The Kier molecular flexibility index (Phi) is 6.26. The first-order chi connectivity index (χ1) is 11.9. The normalized spacial score (nSPS) is 12.4. The molecule has 0 saturated heterocycles. The first kappa shape index (κ1) is 19.1. The fourth-order valence-corrected chi connectivity index (χ4v) is 8.29. The number of hydrogen-bond donors (Lipinski definition) is 1. The van der Waals surface area contributed by atoms with E-state index in [2.05, 4.69) is 105 Å². The van der Waals surface area contributed by atoms with E-state index in [4.69, 9.17) is 0 Å². The molecule has 2 aromatic carbocycles. The average Bonchev–Trinajstić information content (AvgIpc) is 2.59. The van der Waals surface area contributed by atoms with Crippen molar-refractivity contribution < 1.29 is 5.11 Å². The van der Waals surface area contributed by atoms with E-state index >= 15 is 0 Å². The van der Waals surface area contributed by atoms with E-state index in [0.29, 0.717) is 0 Å². The van der Waals surface area contributed by atoms with Crippen LogP contribution in [0.15, 0.2) is 60.7 Å². The van der Waals surface area contributed by atoms with Crippen LogP contribution >= 0.6 is 0 Å². The van der Waals surface area contributed by atoms with Gasteiger partial charge in [-0.1, -0.05) is 104 Å². The Labute approximate surface area is 153 Å². The summed E-state index contributed by atoms with van der Waals surface area (Å²) >= 11 is 0. The molecule has 0 radical (unpaired) electrons. The first-order valence-electron chi connectivity index (χ1n) is 8.61. The van der Waals surface area contributed by atoms with Crippen LogP contribution in [0.3, 0.4) is 0 Å². The summed E-state index contributed by atoms with van der Waals surface area (Å²) in [5.74, 6) is 11.6. The van der Waals surface area contributed by atoms with Crippen molar-refractivity contribution >= 4 is 18.4 Å². The van der Waals surface area contributed by atoms with E-state index in [9.17, 15) is 5.11 Å². The monoisotopic (exact) mass is 346 g/mol. The highest BCUT2D eigenvalue weighted by Gasteiger charge is 2.46. The van der Waals surface area contributed by atoms with Gasteiger partial charge < -0.3 is 5.11 Å². The summed E-state index contributed by atoms with van der Waals surface area (Å²) < 4.78 is 0. The molecule has 0 heterocycles. The van der Waals surface area contributed by atoms with Crippen molar-refractivity contribution in [2.75, 3.05) is 0 Å². The van der Waals surface area contributed by atoms with E-state index in [1.165, 1.54) is 10.4 Å². The molecule has 2 heteroatoms. The highest BCUT2D eigenvalue weighted by atomic mass is 28.3. The topological polar surface area (TPSA) is 20.2 Å². The van der Waals surface area contributed by atoms with Gasteiger partial charge in [0.05, 0.1) is 0 Å². The second kappa shape index (κ2) is 8.21. The molecule has 0 bridgehead atoms. The molecule has 128 valence electrons. The molecule has 0 fully saturated rings. The number of hydrogen-bond acceptors (Lipinski definition) is 1. The summed E-state index contributed by atoms with van der Waals surface area (Å²) in [6, 6.07) is 22.2. The average molecular weight is 347 g/mol. The van der Waals surface area contributed by atoms with Crippen molar-refractivity contribution in [3.05, 3.63) is 60.7 Å². The molecule has 1 N–H and O–H groups in total. The smallest absolute Gasteiger partial charge is 0.176 e. The van der Waals surface area contributed by atoms with Crippen molar-refractivity contribution in [3.63, 3.8) is 0 Å². The zero-order chi connectivity index (χ0) is 18.3. The van der Waals surface area contributed by atoms with Crippen molar-refractivity contribution in [1.82, 2.24) is 0 Å². The van der Waals surface area contributed by atoms with Crippen molar-refractivity contribution in [1.29, 1.82) is 0 Å². The van der Waals surface area contributed by atoms with Gasteiger partial charge in [-0.2, -0.15) is 0 Å². The molecule has 0 spiro atoms. The summed E-state index contributed by atoms with van der Waals surface area (Å²) in [6.45, 7) is 8.64. The minimum atomic E-state index is -2.17. The third-order valence-corrected chi connectivity index (χ3v) is 10.6. The van der Waals surface area contributed by atoms with Crippen molar-refractivity contribution in [3.8, 4) is 23.7 Å². The van der Waals surface area contributed by atoms with Gasteiger partial charge in [0.1, 0.15) is 8.07 Å². The molecule has 1 unspecified atom stereocenters. The second-order valence-corrected chi connectivity index (χ2v) is 12.0. The molecule has 2 rings (SSSR count). The quantitative estimate of drug-likeness (QED) is 0.667. The SMILES string of the molecule is CC#CC(O)C#CC[Si](c1ccccc1)(c1ccccc1)C(C)(C)C. The second-order valence-electron chi connectivity index (χ2n) is 7.18. The van der Waals surface area contributed by atoms with Gasteiger partial charge in [0.25, 0.3) is 0 Å². The molecule has 0 aliphatic rings. The van der Waals surface area contributed by atoms with Crippen LogP contribution in [0, 0.1) is 23.7 Å². The number of benzene rings is 2. The Morgan fingerprint density at radius 1 is 0.880 bits per heavy atom. The lowest BCUT2D eigenvalue weighted by Crippen LogP contribution is -2.63. The molecule has 0 amide bonds. The Hall–Kier alpha value is -2.26. The molecular weight excluding hydrogens is 320 g/mol. The van der Waals surface area contributed by atoms with Gasteiger partial charge in [-0.15, -0.1) is 11.8 Å². The summed E-state index contributed by atoms with van der Waals surface area (Å²) in [4.78, 5) is 0. The fourth-order valence-electron chi connectivity index (χ4n) is 3.40. The standard InChI is InChI=1S/C23H26OSi/c1-5-13-20(24)14-12-19-25(23(2,3)4,21-15-8-6-9-16-21)22-17-10-7-11-18-22/h6-11,15-18,20,24H,19H2,1-4H3. The van der Waals surface area contributed by atoms with Gasteiger partial charge in [0, 0.05) is 6.04 Å². The summed E-state index contributed by atoms with van der Waals surface area (Å²) in [6.07, 6.45) is -0.872. The van der Waals surface area contributed by atoms with Crippen LogP contribution in [0.25, 0.3) is 0 Å². The van der Waals surface area contributed by atoms with E-state index in [1.807, 2.05) is 0 Å². The van der Waals surface area contributed by atoms with Gasteiger partial charge in [-0.3, -0.25) is 0 Å². The van der Waals surface area contributed by atoms with E-state index < -0.39 is 14.2 Å². The van der Waals surface area contributed by atoms with E-state index in [-0.39, 0.29) is 5.04 Å². The van der Waals surface area contributed by atoms with Crippen molar-refractivity contribution in [2.45, 2.75) is 44.9 Å². The molecular formula is C23H26OSi. The van der Waals surface area contributed by atoms with Crippen LogP contribution in [-0.4, -0.2) is 19.3 Å². The summed E-state index contributed by atoms with van der Waals surface area (Å²) in [5.41, 5.74) is 0. The zero-order valence-electron chi connectivity index (χ0n) is 15.5. The maximum Gasteiger partial charge on any atom is 0.176 e. The lowest BCUT2D eigenvalue weighted by atomic mass is 10.2. The molecule has 0 saturated carbocycles. The molecule has 1 nitrogen and oxygen atoms in total. The lowest BCUT2D eigenvalue weighted by molar-refractivity contribution is 0.289.